The topological polar surface area (TPSA) is 8.81 Å². The summed E-state index contributed by atoms with van der Waals surface area (Å²) in [6, 6.07) is 0. The van der Waals surface area contributed by atoms with E-state index < -0.39 is 0 Å². The van der Waals surface area contributed by atoms with Gasteiger partial charge in [0.15, 0.2) is 0 Å². The Morgan fingerprint density at radius 1 is 0.362 bits per heavy atom. The molecule has 0 saturated heterocycles. The summed E-state index contributed by atoms with van der Waals surface area (Å²) in [5, 5.41) is 0. The largest absolute Gasteiger partial charge is 0.256 e. The predicted octanol–water partition coefficient (Wildman–Crippen LogP) is 15.4. The summed E-state index contributed by atoms with van der Waals surface area (Å²) in [6.07, 6.45) is 57.9. The average molecular weight is 658 g/mol. The first-order valence-corrected chi connectivity index (χ1v) is 22.4. The van der Waals surface area contributed by atoms with Gasteiger partial charge in [0, 0.05) is 6.42 Å². The summed E-state index contributed by atoms with van der Waals surface area (Å²) in [4.78, 5) is 0. The van der Waals surface area contributed by atoms with Crippen molar-refractivity contribution in [2.24, 2.45) is 0 Å². The molecule has 0 aliphatic heterocycles. The number of rotatable bonds is 39. The lowest BCUT2D eigenvalue weighted by atomic mass is 10.0. The lowest BCUT2D eigenvalue weighted by molar-refractivity contribution is -0.704. The van der Waals surface area contributed by atoms with Gasteiger partial charge in [-0.1, -0.05) is 220 Å². The summed E-state index contributed by atoms with van der Waals surface area (Å²) >= 11 is 0. The van der Waals surface area contributed by atoms with Crippen molar-refractivity contribution in [3.63, 3.8) is 0 Å². The summed E-state index contributed by atoms with van der Waals surface area (Å²) < 4.78 is 5.25. The van der Waals surface area contributed by atoms with E-state index in [1.165, 1.54) is 251 Å². The first-order valence-electron chi connectivity index (χ1n) is 22.4. The van der Waals surface area contributed by atoms with E-state index in [0.717, 1.165) is 0 Å². The van der Waals surface area contributed by atoms with E-state index in [4.69, 9.17) is 0 Å². The van der Waals surface area contributed by atoms with Crippen LogP contribution in [0.3, 0.4) is 0 Å². The van der Waals surface area contributed by atoms with Crippen molar-refractivity contribution < 1.29 is 4.57 Å². The number of aromatic nitrogens is 2. The Kier molecular flexibility index (Phi) is 34.3. The van der Waals surface area contributed by atoms with Gasteiger partial charge in [0.2, 0.25) is 0 Å². The Morgan fingerprint density at radius 3 is 1.02 bits per heavy atom. The van der Waals surface area contributed by atoms with Gasteiger partial charge >= 0.3 is 0 Å². The molecule has 1 aromatic rings. The molecule has 0 spiro atoms. The third kappa shape index (κ3) is 28.7. The fraction of sp³-hybridized carbons (Fsp3) is 0.933. The number of aryl methyl sites for hydroxylation is 2. The highest BCUT2D eigenvalue weighted by Crippen LogP contribution is 2.16. The van der Waals surface area contributed by atoms with Gasteiger partial charge in [-0.25, -0.2) is 9.13 Å². The molecule has 1 rings (SSSR count). The molecule has 0 aliphatic rings. The van der Waals surface area contributed by atoms with Crippen LogP contribution in [0, 0.1) is 0 Å². The van der Waals surface area contributed by atoms with E-state index in [9.17, 15) is 0 Å². The van der Waals surface area contributed by atoms with Crippen LogP contribution in [-0.4, -0.2) is 4.57 Å². The third-order valence-electron chi connectivity index (χ3n) is 10.8. The molecule has 0 unspecified atom stereocenters. The van der Waals surface area contributed by atoms with Crippen molar-refractivity contribution in [3.05, 3.63) is 18.2 Å². The standard InChI is InChI=1S/C45H89N2/c1-4-7-10-13-15-17-19-21-23-25-27-29-31-33-35-38-41-46-43-44-47(45(46)40-37-12-9-6-3)42-39-36-34-32-30-28-26-24-22-20-18-16-14-11-8-5-2/h43-44H,4-42H2,1-3H3/q+1. The molecule has 47 heavy (non-hydrogen) atoms. The van der Waals surface area contributed by atoms with E-state index in [-0.39, 0.29) is 0 Å². The zero-order valence-corrected chi connectivity index (χ0v) is 33.1. The molecular weight excluding hydrogens is 569 g/mol. The Bertz CT molecular complexity index is 668. The van der Waals surface area contributed by atoms with Crippen molar-refractivity contribution >= 4 is 0 Å². The summed E-state index contributed by atoms with van der Waals surface area (Å²) in [5.74, 6) is 1.61. The molecule has 1 aromatic heterocycles. The maximum atomic E-state index is 2.63. The van der Waals surface area contributed by atoms with Crippen LogP contribution in [0.2, 0.25) is 0 Å². The fourth-order valence-electron chi connectivity index (χ4n) is 7.56. The van der Waals surface area contributed by atoms with Crippen LogP contribution in [0.5, 0.6) is 0 Å². The van der Waals surface area contributed by atoms with Crippen LogP contribution in [0.4, 0.5) is 0 Å². The molecule has 0 atom stereocenters. The summed E-state index contributed by atoms with van der Waals surface area (Å²) in [5.41, 5.74) is 0. The van der Waals surface area contributed by atoms with Gasteiger partial charge in [0.05, 0.1) is 13.1 Å². The van der Waals surface area contributed by atoms with Crippen molar-refractivity contribution in [2.45, 2.75) is 271 Å². The highest BCUT2D eigenvalue weighted by molar-refractivity contribution is 4.84. The van der Waals surface area contributed by atoms with Gasteiger partial charge in [0.1, 0.15) is 12.4 Å². The molecule has 0 saturated carbocycles. The third-order valence-corrected chi connectivity index (χ3v) is 10.8. The van der Waals surface area contributed by atoms with Crippen LogP contribution < -0.4 is 4.57 Å². The molecule has 278 valence electrons. The zero-order chi connectivity index (χ0) is 33.7. The van der Waals surface area contributed by atoms with Crippen molar-refractivity contribution in [3.8, 4) is 0 Å². The van der Waals surface area contributed by atoms with E-state index in [1.54, 1.807) is 5.82 Å². The quantitative estimate of drug-likeness (QED) is 0.0492. The molecule has 2 nitrogen and oxygen atoms in total. The van der Waals surface area contributed by atoms with Crippen LogP contribution >= 0.6 is 0 Å². The summed E-state index contributed by atoms with van der Waals surface area (Å²) in [7, 11) is 0. The van der Waals surface area contributed by atoms with Gasteiger partial charge in [-0.2, -0.15) is 0 Å². The van der Waals surface area contributed by atoms with Gasteiger partial charge in [-0.15, -0.1) is 0 Å². The number of imidazole rings is 1. The van der Waals surface area contributed by atoms with Crippen LogP contribution in [-0.2, 0) is 19.5 Å². The maximum Gasteiger partial charge on any atom is 0.256 e. The second-order valence-electron chi connectivity index (χ2n) is 15.5. The molecule has 0 fully saturated rings. The average Bonchev–Trinajstić information content (AvgIpc) is 3.47. The Labute approximate surface area is 298 Å². The fourth-order valence-corrected chi connectivity index (χ4v) is 7.56. The monoisotopic (exact) mass is 658 g/mol. The number of unbranched alkanes of at least 4 members (excludes halogenated alkanes) is 33. The normalized spacial score (nSPS) is 11.6. The van der Waals surface area contributed by atoms with Crippen molar-refractivity contribution in [1.29, 1.82) is 0 Å². The molecule has 0 amide bonds. The summed E-state index contributed by atoms with van der Waals surface area (Å²) in [6.45, 7) is 9.41. The van der Waals surface area contributed by atoms with Gasteiger partial charge in [-0.05, 0) is 32.1 Å². The molecule has 0 aromatic carbocycles. The second kappa shape index (κ2) is 36.5. The number of hydrogen-bond acceptors (Lipinski definition) is 0. The van der Waals surface area contributed by atoms with Gasteiger partial charge in [-0.3, -0.25) is 0 Å². The van der Waals surface area contributed by atoms with Crippen molar-refractivity contribution in [2.75, 3.05) is 0 Å². The second-order valence-corrected chi connectivity index (χ2v) is 15.5. The first-order chi connectivity index (χ1) is 23.3. The predicted molar refractivity (Wildman–Crippen MR) is 212 cm³/mol. The molecule has 0 bridgehead atoms. The minimum Gasteiger partial charge on any atom is -0.234 e. The molecular formula is C45H89N2+. The minimum atomic E-state index is 1.23. The smallest absolute Gasteiger partial charge is 0.234 e. The Hall–Kier alpha value is -0.790. The van der Waals surface area contributed by atoms with E-state index in [2.05, 4.69) is 42.3 Å². The molecule has 2 heteroatoms. The Balaban J connectivity index is 2.09. The zero-order valence-electron chi connectivity index (χ0n) is 33.1. The van der Waals surface area contributed by atoms with Crippen molar-refractivity contribution in [1.82, 2.24) is 4.57 Å². The first kappa shape index (κ1) is 44.2. The van der Waals surface area contributed by atoms with E-state index in [0.29, 0.717) is 0 Å². The lowest BCUT2D eigenvalue weighted by Crippen LogP contribution is -2.37. The van der Waals surface area contributed by atoms with E-state index in [1.807, 2.05) is 0 Å². The van der Waals surface area contributed by atoms with Gasteiger partial charge < -0.3 is 0 Å². The minimum absolute atomic E-state index is 1.23. The van der Waals surface area contributed by atoms with Gasteiger partial charge in [0.25, 0.3) is 5.82 Å². The highest BCUT2D eigenvalue weighted by atomic mass is 15.1. The number of hydrogen-bond donors (Lipinski definition) is 0. The molecule has 0 radical (unpaired) electrons. The SMILES string of the molecule is CCCCCCCCCCCCCCCCCCn1cc[n+](CCCCCCCCCCCCCCCCCC)c1CCCCCC. The highest BCUT2D eigenvalue weighted by Gasteiger charge is 2.16. The Morgan fingerprint density at radius 2 is 0.660 bits per heavy atom. The van der Waals surface area contributed by atoms with Crippen LogP contribution in [0.15, 0.2) is 12.4 Å². The lowest BCUT2D eigenvalue weighted by Gasteiger charge is -2.07. The molecule has 1 heterocycles. The number of nitrogens with zero attached hydrogens (tertiary/aromatic N) is 2. The maximum absolute atomic E-state index is 2.63. The molecule has 0 aliphatic carbocycles. The molecule has 0 N–H and O–H groups in total. The van der Waals surface area contributed by atoms with Crippen LogP contribution in [0.25, 0.3) is 0 Å². The van der Waals surface area contributed by atoms with Crippen LogP contribution in [0.1, 0.15) is 258 Å². The van der Waals surface area contributed by atoms with E-state index >= 15 is 0 Å².